The van der Waals surface area contributed by atoms with Gasteiger partial charge in [0.25, 0.3) is 5.91 Å². The number of para-hydroxylation sites is 2. The molecule has 4 rings (SSSR count). The molecule has 0 aliphatic carbocycles. The molecule has 2 aliphatic rings. The third-order valence-corrected chi connectivity index (χ3v) is 4.35. The first-order chi connectivity index (χ1) is 11.8. The minimum Gasteiger partial charge on any atom is -0.485 e. The van der Waals surface area contributed by atoms with E-state index in [-0.39, 0.29) is 18.6 Å². The maximum absolute atomic E-state index is 12.3. The maximum Gasteiger partial charge on any atom is 0.264 e. The fourth-order valence-electron chi connectivity index (χ4n) is 3.02. The van der Waals surface area contributed by atoms with E-state index in [1.807, 2.05) is 30.3 Å². The molecule has 1 amide bonds. The highest BCUT2D eigenvalue weighted by molar-refractivity contribution is 5.81. The summed E-state index contributed by atoms with van der Waals surface area (Å²) in [7, 11) is 0. The van der Waals surface area contributed by atoms with Crippen LogP contribution in [0.1, 0.15) is 11.1 Å². The van der Waals surface area contributed by atoms with Crippen molar-refractivity contribution < 1.29 is 19.0 Å². The van der Waals surface area contributed by atoms with Gasteiger partial charge < -0.3 is 19.5 Å². The zero-order chi connectivity index (χ0) is 16.4. The number of hydrogen-bond donors (Lipinski definition) is 1. The average Bonchev–Trinajstić information content (AvgIpc) is 2.65. The summed E-state index contributed by atoms with van der Waals surface area (Å²) in [6.45, 7) is 1.28. The molecular weight excluding hydrogens is 306 g/mol. The Bertz CT molecular complexity index is 746. The lowest BCUT2D eigenvalue weighted by molar-refractivity contribution is -0.131. The highest BCUT2D eigenvalue weighted by Gasteiger charge is 2.28. The Morgan fingerprint density at radius 1 is 1.04 bits per heavy atom. The number of ether oxygens (including phenoxy) is 3. The Kier molecular flexibility index (Phi) is 4.09. The van der Waals surface area contributed by atoms with Crippen LogP contribution in [0.2, 0.25) is 0 Å². The van der Waals surface area contributed by atoms with Gasteiger partial charge in [0.1, 0.15) is 6.61 Å². The summed E-state index contributed by atoms with van der Waals surface area (Å²) in [5.74, 6) is 1.10. The van der Waals surface area contributed by atoms with Crippen molar-refractivity contribution in [2.24, 2.45) is 0 Å². The van der Waals surface area contributed by atoms with E-state index >= 15 is 0 Å². The van der Waals surface area contributed by atoms with Crippen molar-refractivity contribution >= 4 is 5.91 Å². The van der Waals surface area contributed by atoms with Crippen LogP contribution in [0.4, 0.5) is 0 Å². The SMILES string of the molecule is O=C(NC[C@H]1Cc2ccccc2CO1)[C@@H]1COc2ccccc2O1. The van der Waals surface area contributed by atoms with Crippen LogP contribution in [0.3, 0.4) is 0 Å². The molecule has 24 heavy (non-hydrogen) atoms. The van der Waals surface area contributed by atoms with E-state index < -0.39 is 6.10 Å². The van der Waals surface area contributed by atoms with Gasteiger partial charge >= 0.3 is 0 Å². The van der Waals surface area contributed by atoms with Crippen molar-refractivity contribution in [3.05, 3.63) is 59.7 Å². The Balaban J connectivity index is 1.32. The van der Waals surface area contributed by atoms with Gasteiger partial charge in [-0.2, -0.15) is 0 Å². The number of rotatable bonds is 3. The molecule has 124 valence electrons. The van der Waals surface area contributed by atoms with Gasteiger partial charge in [-0.1, -0.05) is 36.4 Å². The van der Waals surface area contributed by atoms with Crippen molar-refractivity contribution in [2.45, 2.75) is 25.2 Å². The second kappa shape index (κ2) is 6.53. The highest BCUT2D eigenvalue weighted by atomic mass is 16.6. The van der Waals surface area contributed by atoms with E-state index in [9.17, 15) is 4.79 Å². The Labute approximate surface area is 140 Å². The van der Waals surface area contributed by atoms with Gasteiger partial charge in [-0.15, -0.1) is 0 Å². The number of carbonyl (C=O) groups excluding carboxylic acids is 1. The van der Waals surface area contributed by atoms with Crippen LogP contribution >= 0.6 is 0 Å². The molecule has 0 spiro atoms. The normalized spacial score (nSPS) is 21.7. The predicted octanol–water partition coefficient (Wildman–Crippen LogP) is 2.08. The van der Waals surface area contributed by atoms with E-state index in [1.165, 1.54) is 11.1 Å². The van der Waals surface area contributed by atoms with Crippen LogP contribution in [-0.4, -0.2) is 31.3 Å². The standard InChI is InChI=1S/C19H19NO4/c21-19(18-12-23-16-7-3-4-8-17(16)24-18)20-10-15-9-13-5-1-2-6-14(13)11-22-15/h1-8,15,18H,9-12H2,(H,20,21)/t15-,18+/m1/s1. The topological polar surface area (TPSA) is 56.8 Å². The highest BCUT2D eigenvalue weighted by Crippen LogP contribution is 2.30. The van der Waals surface area contributed by atoms with Crippen molar-refractivity contribution in [1.29, 1.82) is 0 Å². The molecule has 0 unspecified atom stereocenters. The second-order valence-electron chi connectivity index (χ2n) is 6.02. The molecule has 2 aromatic carbocycles. The molecule has 0 saturated carbocycles. The quantitative estimate of drug-likeness (QED) is 0.939. The molecule has 2 aromatic rings. The number of hydrogen-bond acceptors (Lipinski definition) is 4. The Morgan fingerprint density at radius 3 is 2.67 bits per heavy atom. The van der Waals surface area contributed by atoms with Crippen LogP contribution in [0, 0.1) is 0 Å². The molecule has 5 heteroatoms. The van der Waals surface area contributed by atoms with Gasteiger partial charge in [0.15, 0.2) is 11.5 Å². The summed E-state index contributed by atoms with van der Waals surface area (Å²) in [5, 5.41) is 2.91. The van der Waals surface area contributed by atoms with E-state index in [0.717, 1.165) is 6.42 Å². The van der Waals surface area contributed by atoms with E-state index in [2.05, 4.69) is 17.4 Å². The summed E-state index contributed by atoms with van der Waals surface area (Å²) < 4.78 is 17.1. The average molecular weight is 325 g/mol. The first kappa shape index (κ1) is 15.0. The van der Waals surface area contributed by atoms with Crippen molar-refractivity contribution in [1.82, 2.24) is 5.32 Å². The molecule has 5 nitrogen and oxygen atoms in total. The van der Waals surface area contributed by atoms with Crippen LogP contribution in [0.5, 0.6) is 11.5 Å². The molecule has 0 bridgehead atoms. The first-order valence-electron chi connectivity index (χ1n) is 8.14. The van der Waals surface area contributed by atoms with Gasteiger partial charge in [-0.25, -0.2) is 0 Å². The number of fused-ring (bicyclic) bond motifs is 2. The van der Waals surface area contributed by atoms with E-state index in [0.29, 0.717) is 24.7 Å². The van der Waals surface area contributed by atoms with Gasteiger partial charge in [0.05, 0.1) is 12.7 Å². The van der Waals surface area contributed by atoms with Gasteiger partial charge in [0.2, 0.25) is 6.10 Å². The number of amides is 1. The lowest BCUT2D eigenvalue weighted by Crippen LogP contribution is -2.47. The van der Waals surface area contributed by atoms with Gasteiger partial charge in [-0.05, 0) is 23.3 Å². The Hall–Kier alpha value is -2.53. The summed E-state index contributed by atoms with van der Waals surface area (Å²) in [6.07, 6.45) is 0.165. The van der Waals surface area contributed by atoms with Crippen molar-refractivity contribution in [3.8, 4) is 11.5 Å². The number of benzene rings is 2. The predicted molar refractivity (Wildman–Crippen MR) is 88.1 cm³/mol. The van der Waals surface area contributed by atoms with E-state index in [1.54, 1.807) is 6.07 Å². The molecule has 0 radical (unpaired) electrons. The summed E-state index contributed by atoms with van der Waals surface area (Å²) in [4.78, 5) is 12.3. The van der Waals surface area contributed by atoms with Crippen LogP contribution in [0.15, 0.2) is 48.5 Å². The Morgan fingerprint density at radius 2 is 1.79 bits per heavy atom. The fraction of sp³-hybridized carbons (Fsp3) is 0.316. The lowest BCUT2D eigenvalue weighted by Gasteiger charge is -2.28. The van der Waals surface area contributed by atoms with Gasteiger partial charge in [0, 0.05) is 13.0 Å². The van der Waals surface area contributed by atoms with Crippen LogP contribution in [0.25, 0.3) is 0 Å². The third-order valence-electron chi connectivity index (χ3n) is 4.35. The summed E-state index contributed by atoms with van der Waals surface area (Å²) in [6, 6.07) is 15.6. The zero-order valence-corrected chi connectivity index (χ0v) is 13.2. The molecule has 2 aliphatic heterocycles. The third kappa shape index (κ3) is 3.08. The minimum atomic E-state index is -0.629. The maximum atomic E-state index is 12.3. The monoisotopic (exact) mass is 325 g/mol. The zero-order valence-electron chi connectivity index (χ0n) is 13.2. The largest absolute Gasteiger partial charge is 0.485 e. The van der Waals surface area contributed by atoms with Crippen LogP contribution in [-0.2, 0) is 22.6 Å². The van der Waals surface area contributed by atoms with Crippen LogP contribution < -0.4 is 14.8 Å². The summed E-state index contributed by atoms with van der Waals surface area (Å²) >= 11 is 0. The second-order valence-corrected chi connectivity index (χ2v) is 6.02. The molecule has 0 aromatic heterocycles. The van der Waals surface area contributed by atoms with Crippen molar-refractivity contribution in [3.63, 3.8) is 0 Å². The number of carbonyl (C=O) groups is 1. The molecule has 0 saturated heterocycles. The fourth-order valence-corrected chi connectivity index (χ4v) is 3.02. The van der Waals surface area contributed by atoms with E-state index in [4.69, 9.17) is 14.2 Å². The lowest BCUT2D eigenvalue weighted by atomic mass is 9.99. The molecule has 0 fully saturated rings. The summed E-state index contributed by atoms with van der Waals surface area (Å²) in [5.41, 5.74) is 2.51. The molecule has 1 N–H and O–H groups in total. The first-order valence-corrected chi connectivity index (χ1v) is 8.14. The smallest absolute Gasteiger partial charge is 0.264 e. The molecule has 2 heterocycles. The minimum absolute atomic E-state index is 0.0133. The number of nitrogens with one attached hydrogen (secondary N) is 1. The molecule has 2 atom stereocenters. The van der Waals surface area contributed by atoms with Gasteiger partial charge in [-0.3, -0.25) is 4.79 Å². The molecular formula is C19H19NO4. The van der Waals surface area contributed by atoms with Crippen molar-refractivity contribution in [2.75, 3.05) is 13.2 Å².